The van der Waals surface area contributed by atoms with Crippen molar-refractivity contribution in [2.24, 2.45) is 0 Å². The smallest absolute Gasteiger partial charge is 0.252 e. The summed E-state index contributed by atoms with van der Waals surface area (Å²) in [6.07, 6.45) is 1.72. The molecule has 2 aliphatic heterocycles. The van der Waals surface area contributed by atoms with Crippen molar-refractivity contribution in [2.75, 3.05) is 19.0 Å². The topological polar surface area (TPSA) is 74.4 Å². The highest BCUT2D eigenvalue weighted by Gasteiger charge is 2.54. The lowest BCUT2D eigenvalue weighted by Gasteiger charge is -2.30. The molecular formula is C31H31Cl2N3O3. The molecule has 0 saturated carbocycles. The molecule has 0 radical (unpaired) electrons. The average molecular weight is 565 g/mol. The Hall–Kier alpha value is -3.48. The number of halogens is 2. The Morgan fingerprint density at radius 1 is 1.10 bits per heavy atom. The van der Waals surface area contributed by atoms with Gasteiger partial charge in [0.1, 0.15) is 11.3 Å². The fraction of sp³-hybridized carbons (Fsp3) is 0.290. The molecule has 2 atom stereocenters. The maximum Gasteiger partial charge on any atom is 0.252 e. The number of benzene rings is 3. The lowest BCUT2D eigenvalue weighted by Crippen LogP contribution is -2.55. The molecule has 6 nitrogen and oxygen atoms in total. The van der Waals surface area contributed by atoms with Crippen LogP contribution in [0, 0.1) is 6.92 Å². The van der Waals surface area contributed by atoms with Crippen LogP contribution < -0.4 is 10.1 Å². The molecule has 3 aromatic carbocycles. The van der Waals surface area contributed by atoms with Crippen LogP contribution in [0.1, 0.15) is 45.2 Å². The first-order chi connectivity index (χ1) is 18.9. The average Bonchev–Trinajstić information content (AvgIpc) is 3.45. The van der Waals surface area contributed by atoms with Crippen molar-refractivity contribution in [3.05, 3.63) is 101 Å². The molecule has 8 heteroatoms. The number of alkyl halides is 2. The van der Waals surface area contributed by atoms with Gasteiger partial charge < -0.3 is 19.9 Å². The van der Waals surface area contributed by atoms with Gasteiger partial charge in [0, 0.05) is 41.5 Å². The summed E-state index contributed by atoms with van der Waals surface area (Å²) in [4.78, 5) is 33.0. The van der Waals surface area contributed by atoms with Crippen LogP contribution in [-0.4, -0.2) is 46.2 Å². The molecule has 4 aromatic rings. The molecule has 2 amide bonds. The fourth-order valence-corrected chi connectivity index (χ4v) is 5.86. The van der Waals surface area contributed by atoms with E-state index in [1.807, 2.05) is 78.6 Å². The van der Waals surface area contributed by atoms with E-state index in [-0.39, 0.29) is 23.2 Å². The van der Waals surface area contributed by atoms with Gasteiger partial charge in [0.2, 0.25) is 5.91 Å². The van der Waals surface area contributed by atoms with Gasteiger partial charge in [-0.3, -0.25) is 9.59 Å². The van der Waals surface area contributed by atoms with Gasteiger partial charge in [0.15, 0.2) is 0 Å². The van der Waals surface area contributed by atoms with Gasteiger partial charge in [0.05, 0.1) is 18.5 Å². The van der Waals surface area contributed by atoms with Crippen molar-refractivity contribution >= 4 is 45.9 Å². The van der Waals surface area contributed by atoms with Crippen molar-refractivity contribution in [1.29, 1.82) is 0 Å². The lowest BCUT2D eigenvalue weighted by molar-refractivity contribution is -0.134. The Morgan fingerprint density at radius 2 is 1.82 bits per heavy atom. The molecule has 6 rings (SSSR count). The summed E-state index contributed by atoms with van der Waals surface area (Å²) in [5, 5.41) is 4.54. The minimum absolute atomic E-state index is 0.0151. The second-order valence-corrected chi connectivity index (χ2v) is 10.9. The first kappa shape index (κ1) is 27.1. The van der Waals surface area contributed by atoms with Crippen LogP contribution in [0.5, 0.6) is 5.75 Å². The number of fused-ring (bicyclic) bond motifs is 5. The third-order valence-electron chi connectivity index (χ3n) is 7.69. The molecule has 0 unspecified atom stereocenters. The summed E-state index contributed by atoms with van der Waals surface area (Å²) < 4.78 is 5.45. The van der Waals surface area contributed by atoms with Crippen LogP contribution >= 0.6 is 23.2 Å². The van der Waals surface area contributed by atoms with E-state index in [1.165, 1.54) is 5.56 Å². The Labute approximate surface area is 238 Å². The number of aryl methyl sites for hydroxylation is 1. The molecule has 202 valence electrons. The molecule has 1 aromatic heterocycles. The van der Waals surface area contributed by atoms with Crippen LogP contribution in [0.2, 0.25) is 0 Å². The summed E-state index contributed by atoms with van der Waals surface area (Å²) in [6.45, 7) is 2.61. The number of rotatable bonds is 5. The van der Waals surface area contributed by atoms with Crippen LogP contribution in [0.25, 0.3) is 10.9 Å². The zero-order chi connectivity index (χ0) is 27.6. The van der Waals surface area contributed by atoms with Crippen LogP contribution in [0.4, 0.5) is 0 Å². The highest BCUT2D eigenvalue weighted by atomic mass is 35.5. The summed E-state index contributed by atoms with van der Waals surface area (Å²) in [5.41, 5.74) is 4.99. The van der Waals surface area contributed by atoms with E-state index in [9.17, 15) is 9.59 Å². The Kier molecular flexibility index (Phi) is 7.87. The normalized spacial score (nSPS) is 19.6. The van der Waals surface area contributed by atoms with Gasteiger partial charge in [-0.05, 0) is 54.8 Å². The summed E-state index contributed by atoms with van der Waals surface area (Å²) in [6, 6.07) is 23.3. The molecule has 2 aliphatic rings. The van der Waals surface area contributed by atoms with Gasteiger partial charge in [-0.2, -0.15) is 0 Å². The highest BCUT2D eigenvalue weighted by molar-refractivity contribution is 6.40. The number of nitrogens with zero attached hydrogens (tertiary/aromatic N) is 1. The lowest BCUT2D eigenvalue weighted by atomic mass is 9.86. The van der Waals surface area contributed by atoms with Gasteiger partial charge in [-0.15, -0.1) is 23.2 Å². The van der Waals surface area contributed by atoms with Crippen molar-refractivity contribution in [2.45, 2.75) is 37.8 Å². The molecule has 3 heterocycles. The SMILES string of the molecule is COc1ccc2[nH]c3c(c2c1)CCN1C(=O)[C@](Cc2ccccc2)(NC(=O)c2ccc(C)cc2)C[C@H]31.ClCCl. The number of carbonyl (C=O) groups excluding carboxylic acids is 2. The standard InChI is InChI=1S/C30H29N3O3.CH2Cl2/c1-19-8-10-21(11-9-19)28(34)32-30(17-20-6-4-3-5-7-20)18-26-27-23(14-15-33(26)29(30)35)24-16-22(36-2)12-13-25(24)31-27;2-1-3/h3-13,16,26,31H,14-15,17-18H2,1-2H3,(H,32,34);1H2/t26-,30-;/m1./s1. The van der Waals surface area contributed by atoms with E-state index in [2.05, 4.69) is 16.4 Å². The van der Waals surface area contributed by atoms with E-state index in [0.29, 0.717) is 24.9 Å². The Morgan fingerprint density at radius 3 is 2.51 bits per heavy atom. The number of carbonyl (C=O) groups is 2. The van der Waals surface area contributed by atoms with Gasteiger partial charge in [-0.25, -0.2) is 0 Å². The van der Waals surface area contributed by atoms with Gasteiger partial charge >= 0.3 is 0 Å². The molecule has 0 bridgehead atoms. The molecule has 1 saturated heterocycles. The number of methoxy groups -OCH3 is 1. The predicted molar refractivity (Wildman–Crippen MR) is 156 cm³/mol. The van der Waals surface area contributed by atoms with Crippen molar-refractivity contribution < 1.29 is 14.3 Å². The number of nitrogens with one attached hydrogen (secondary N) is 2. The first-order valence-electron chi connectivity index (χ1n) is 12.9. The van der Waals surface area contributed by atoms with E-state index in [4.69, 9.17) is 27.9 Å². The highest BCUT2D eigenvalue weighted by Crippen LogP contribution is 2.46. The third kappa shape index (κ3) is 5.23. The minimum atomic E-state index is -1.02. The van der Waals surface area contributed by atoms with Crippen molar-refractivity contribution in [3.63, 3.8) is 0 Å². The number of aromatic amines is 1. The zero-order valence-electron chi connectivity index (χ0n) is 22.0. The van der Waals surface area contributed by atoms with Crippen molar-refractivity contribution in [3.8, 4) is 5.75 Å². The van der Waals surface area contributed by atoms with Crippen LogP contribution in [0.3, 0.4) is 0 Å². The second-order valence-electron chi connectivity index (χ2n) is 10.1. The minimum Gasteiger partial charge on any atom is -0.497 e. The zero-order valence-corrected chi connectivity index (χ0v) is 23.5. The van der Waals surface area contributed by atoms with Gasteiger partial charge in [0.25, 0.3) is 5.91 Å². The Bertz CT molecular complexity index is 1490. The maximum atomic E-state index is 14.1. The van der Waals surface area contributed by atoms with E-state index in [1.54, 1.807) is 7.11 Å². The molecule has 0 spiro atoms. The molecular weight excluding hydrogens is 533 g/mol. The van der Waals surface area contributed by atoms with Crippen LogP contribution in [0.15, 0.2) is 72.8 Å². The number of hydrogen-bond acceptors (Lipinski definition) is 3. The summed E-state index contributed by atoms with van der Waals surface area (Å²) in [5.74, 6) is 0.581. The maximum absolute atomic E-state index is 14.1. The number of hydrogen-bond donors (Lipinski definition) is 2. The largest absolute Gasteiger partial charge is 0.497 e. The number of ether oxygens (including phenoxy) is 1. The number of amides is 2. The fourth-order valence-electron chi connectivity index (χ4n) is 5.86. The summed E-state index contributed by atoms with van der Waals surface area (Å²) >= 11 is 9.53. The first-order valence-corrected chi connectivity index (χ1v) is 14.0. The molecule has 39 heavy (non-hydrogen) atoms. The van der Waals surface area contributed by atoms with Crippen LogP contribution in [-0.2, 0) is 17.6 Å². The molecule has 1 fully saturated rings. The number of H-pyrrole nitrogens is 1. The van der Waals surface area contributed by atoms with E-state index >= 15 is 0 Å². The monoisotopic (exact) mass is 563 g/mol. The van der Waals surface area contributed by atoms with Crippen molar-refractivity contribution in [1.82, 2.24) is 15.2 Å². The van der Waals surface area contributed by atoms with E-state index in [0.717, 1.165) is 39.9 Å². The third-order valence-corrected chi connectivity index (χ3v) is 7.69. The predicted octanol–water partition coefficient (Wildman–Crippen LogP) is 6.15. The molecule has 0 aliphatic carbocycles. The Balaban J connectivity index is 0.000000983. The van der Waals surface area contributed by atoms with E-state index < -0.39 is 5.54 Å². The second kappa shape index (κ2) is 11.3. The summed E-state index contributed by atoms with van der Waals surface area (Å²) in [7, 11) is 1.67. The number of aromatic nitrogens is 1. The van der Waals surface area contributed by atoms with Gasteiger partial charge in [-0.1, -0.05) is 48.0 Å². The molecule has 2 N–H and O–H groups in total. The quantitative estimate of drug-likeness (QED) is 0.286.